The molecule has 1 aliphatic heterocycles. The van der Waals surface area contributed by atoms with Crippen molar-refractivity contribution in [3.05, 3.63) is 76.5 Å². The van der Waals surface area contributed by atoms with E-state index in [-0.39, 0.29) is 10.9 Å². The number of hydrogen-bond donors (Lipinski definition) is 5. The van der Waals surface area contributed by atoms with E-state index in [0.717, 1.165) is 5.56 Å². The Balaban J connectivity index is 1.57. The van der Waals surface area contributed by atoms with Crippen molar-refractivity contribution in [3.8, 4) is 6.07 Å². The SMILES string of the molecule is CC(C)(C)CNc1c(C#N)cnc2c(F)cc(N[C@H](C3=CN(C4(C(N)=O)CC4)NN3)c3ccccc3Cl)cc12. The van der Waals surface area contributed by atoms with Gasteiger partial charge in [-0.05, 0) is 42.0 Å². The number of anilines is 2. The van der Waals surface area contributed by atoms with Crippen LogP contribution in [0.5, 0.6) is 0 Å². The first-order valence-corrected chi connectivity index (χ1v) is 13.0. The first kappa shape index (κ1) is 26.5. The molecule has 2 aliphatic rings. The standard InChI is InChI=1S/C28H30ClFN8O/c1-27(2,3)15-34-23-16(12-31)13-33-24-19(23)10-17(11-21(24)30)35-25(18-6-4-5-7-20(18)29)22-14-38(37-36-22)28(8-9-28)26(32)39/h4-7,10-11,13-14,25,35-37H,8-9,15H2,1-3H3,(H2,32,39)(H,33,34)/t25-/m0/s1. The van der Waals surface area contributed by atoms with Crippen molar-refractivity contribution in [3.63, 3.8) is 0 Å². The van der Waals surface area contributed by atoms with Gasteiger partial charge in [-0.1, -0.05) is 50.6 Å². The van der Waals surface area contributed by atoms with Crippen molar-refractivity contribution in [1.82, 2.24) is 21.0 Å². The predicted molar refractivity (Wildman–Crippen MR) is 150 cm³/mol. The highest BCUT2D eigenvalue weighted by Crippen LogP contribution is 2.43. The molecular formula is C28H30ClFN8O. The summed E-state index contributed by atoms with van der Waals surface area (Å²) in [7, 11) is 0. The van der Waals surface area contributed by atoms with Crippen molar-refractivity contribution in [2.24, 2.45) is 11.1 Å². The maximum Gasteiger partial charge on any atom is 0.244 e. The molecule has 0 unspecified atom stereocenters. The fourth-order valence-corrected chi connectivity index (χ4v) is 4.85. The number of nitrogens with zero attached hydrogens (tertiary/aromatic N) is 3. The summed E-state index contributed by atoms with van der Waals surface area (Å²) >= 11 is 6.59. The first-order valence-electron chi connectivity index (χ1n) is 12.6. The molecule has 0 saturated heterocycles. The second-order valence-electron chi connectivity index (χ2n) is 11.1. The van der Waals surface area contributed by atoms with Gasteiger partial charge in [0.2, 0.25) is 5.91 Å². The minimum absolute atomic E-state index is 0.0742. The van der Waals surface area contributed by atoms with Gasteiger partial charge in [0.25, 0.3) is 0 Å². The van der Waals surface area contributed by atoms with E-state index in [1.54, 1.807) is 23.3 Å². The maximum atomic E-state index is 15.4. The molecule has 1 amide bonds. The fraction of sp³-hybridized carbons (Fsp3) is 0.321. The van der Waals surface area contributed by atoms with Crippen LogP contribution >= 0.6 is 11.6 Å². The first-order chi connectivity index (χ1) is 18.5. The highest BCUT2D eigenvalue weighted by atomic mass is 35.5. The van der Waals surface area contributed by atoms with Gasteiger partial charge in [0.15, 0.2) is 5.82 Å². The van der Waals surface area contributed by atoms with Crippen LogP contribution in [-0.4, -0.2) is 28.0 Å². The number of halogens is 2. The van der Waals surface area contributed by atoms with Crippen molar-refractivity contribution in [1.29, 1.82) is 5.26 Å². The summed E-state index contributed by atoms with van der Waals surface area (Å²) in [5.41, 5.74) is 13.8. The van der Waals surface area contributed by atoms with Crippen LogP contribution in [0, 0.1) is 22.6 Å². The van der Waals surface area contributed by atoms with Gasteiger partial charge in [-0.25, -0.2) is 4.39 Å². The molecule has 39 heavy (non-hydrogen) atoms. The van der Waals surface area contributed by atoms with E-state index in [1.165, 1.54) is 12.3 Å². The van der Waals surface area contributed by atoms with Gasteiger partial charge in [-0.3, -0.25) is 14.8 Å². The van der Waals surface area contributed by atoms with Crippen molar-refractivity contribution in [2.45, 2.75) is 45.2 Å². The summed E-state index contributed by atoms with van der Waals surface area (Å²) in [5, 5.41) is 19.1. The Kier molecular flexibility index (Phi) is 6.74. The number of nitrogens with one attached hydrogen (secondary N) is 4. The second-order valence-corrected chi connectivity index (χ2v) is 11.5. The third kappa shape index (κ3) is 5.15. The third-order valence-corrected chi connectivity index (χ3v) is 7.26. The average Bonchev–Trinajstić information content (AvgIpc) is 3.56. The topological polar surface area (TPSA) is 131 Å². The molecule has 1 atom stereocenters. The van der Waals surface area contributed by atoms with Gasteiger partial charge in [-0.15, -0.1) is 5.53 Å². The molecule has 1 saturated carbocycles. The smallest absolute Gasteiger partial charge is 0.244 e. The minimum atomic E-state index is -0.790. The van der Waals surface area contributed by atoms with Crippen LogP contribution in [0.4, 0.5) is 15.8 Å². The van der Waals surface area contributed by atoms with Gasteiger partial charge in [-0.2, -0.15) is 5.26 Å². The van der Waals surface area contributed by atoms with E-state index in [4.69, 9.17) is 17.3 Å². The zero-order chi connectivity index (χ0) is 27.9. The van der Waals surface area contributed by atoms with Crippen molar-refractivity contribution >= 4 is 39.8 Å². The minimum Gasteiger partial charge on any atom is -0.383 e. The normalized spacial score (nSPS) is 16.7. The number of amides is 1. The zero-order valence-electron chi connectivity index (χ0n) is 21.9. The quantitative estimate of drug-likeness (QED) is 0.274. The molecule has 9 nitrogen and oxygen atoms in total. The average molecular weight is 549 g/mol. The molecule has 0 radical (unpaired) electrons. The largest absolute Gasteiger partial charge is 0.383 e. The number of rotatable bonds is 8. The van der Waals surface area contributed by atoms with E-state index in [9.17, 15) is 10.1 Å². The van der Waals surface area contributed by atoms with E-state index in [2.05, 4.69) is 53.4 Å². The number of nitriles is 1. The number of hydrogen-bond acceptors (Lipinski definition) is 8. The Hall–Kier alpha value is -4.07. The lowest BCUT2D eigenvalue weighted by molar-refractivity contribution is -0.124. The summed E-state index contributed by atoms with van der Waals surface area (Å²) in [4.78, 5) is 16.3. The van der Waals surface area contributed by atoms with Crippen LogP contribution < -0.4 is 27.3 Å². The number of benzene rings is 2. The summed E-state index contributed by atoms with van der Waals surface area (Å²) in [6, 6.07) is 12.1. The Bertz CT molecular complexity index is 1520. The summed E-state index contributed by atoms with van der Waals surface area (Å²) < 4.78 is 15.4. The van der Waals surface area contributed by atoms with Crippen LogP contribution in [0.15, 0.2) is 54.5 Å². The van der Waals surface area contributed by atoms with Crippen molar-refractivity contribution < 1.29 is 9.18 Å². The molecule has 1 aliphatic carbocycles. The van der Waals surface area contributed by atoms with Gasteiger partial charge < -0.3 is 21.8 Å². The molecule has 3 aromatic rings. The third-order valence-electron chi connectivity index (χ3n) is 6.91. The fourth-order valence-electron chi connectivity index (χ4n) is 4.60. The molecular weight excluding hydrogens is 519 g/mol. The lowest BCUT2D eigenvalue weighted by atomic mass is 9.96. The molecule has 1 aromatic heterocycles. The number of nitrogens with two attached hydrogens (primary N) is 1. The molecule has 0 spiro atoms. The monoisotopic (exact) mass is 548 g/mol. The highest BCUT2D eigenvalue weighted by Gasteiger charge is 2.54. The van der Waals surface area contributed by atoms with Crippen molar-refractivity contribution in [2.75, 3.05) is 17.2 Å². The number of carbonyl (C=O) groups is 1. The molecule has 2 heterocycles. The summed E-state index contributed by atoms with van der Waals surface area (Å²) in [6.07, 6.45) is 4.44. The highest BCUT2D eigenvalue weighted by molar-refractivity contribution is 6.31. The number of carbonyl (C=O) groups excluding carboxylic acids is 1. The Labute approximate surface area is 231 Å². The van der Waals surface area contributed by atoms with Crippen LogP contribution in [0.3, 0.4) is 0 Å². The second kappa shape index (κ2) is 9.91. The summed E-state index contributed by atoms with van der Waals surface area (Å²) in [6.45, 7) is 6.78. The van der Waals surface area contributed by atoms with E-state index >= 15 is 4.39 Å². The van der Waals surface area contributed by atoms with Gasteiger partial charge in [0, 0.05) is 35.0 Å². The Morgan fingerprint density at radius 3 is 2.72 bits per heavy atom. The number of hydrazine groups is 2. The maximum absolute atomic E-state index is 15.4. The number of pyridine rings is 1. The van der Waals surface area contributed by atoms with Gasteiger partial charge in [0.1, 0.15) is 17.1 Å². The van der Waals surface area contributed by atoms with E-state index in [0.29, 0.717) is 52.4 Å². The lowest BCUT2D eigenvalue weighted by Crippen LogP contribution is -2.51. The van der Waals surface area contributed by atoms with E-state index in [1.807, 2.05) is 18.2 Å². The summed E-state index contributed by atoms with van der Waals surface area (Å²) in [5.74, 6) is -0.945. The van der Waals surface area contributed by atoms with E-state index < -0.39 is 23.3 Å². The number of primary amides is 1. The molecule has 0 bridgehead atoms. The van der Waals surface area contributed by atoms with Gasteiger partial charge >= 0.3 is 0 Å². The van der Waals surface area contributed by atoms with Crippen LogP contribution in [0.2, 0.25) is 5.02 Å². The molecule has 2 aromatic carbocycles. The molecule has 5 rings (SSSR count). The predicted octanol–water partition coefficient (Wildman–Crippen LogP) is 4.69. The molecule has 11 heteroatoms. The lowest BCUT2D eigenvalue weighted by Gasteiger charge is -2.24. The molecule has 202 valence electrons. The van der Waals surface area contributed by atoms with Crippen LogP contribution in [0.25, 0.3) is 10.9 Å². The Morgan fingerprint density at radius 2 is 2.08 bits per heavy atom. The molecule has 1 fully saturated rings. The molecule has 6 N–H and O–H groups in total. The van der Waals surface area contributed by atoms with Crippen LogP contribution in [-0.2, 0) is 4.79 Å². The zero-order valence-corrected chi connectivity index (χ0v) is 22.7. The number of fused-ring (bicyclic) bond motifs is 1. The van der Waals surface area contributed by atoms with Gasteiger partial charge in [0.05, 0.1) is 23.0 Å². The van der Waals surface area contributed by atoms with Crippen LogP contribution in [0.1, 0.15) is 50.8 Å². The Morgan fingerprint density at radius 1 is 1.33 bits per heavy atom. The number of aromatic nitrogens is 1.